The third-order valence-corrected chi connectivity index (χ3v) is 7.21. The number of hydrogen-bond acceptors (Lipinski definition) is 8. The summed E-state index contributed by atoms with van der Waals surface area (Å²) in [5, 5.41) is 19.8. The lowest BCUT2D eigenvalue weighted by molar-refractivity contribution is -0.384. The number of carbonyl (C=O) groups is 2. The molecule has 4 rings (SSSR count). The molecule has 0 N–H and O–H groups in total. The average Bonchev–Trinajstić information content (AvgIpc) is 3.16. The first-order valence-corrected chi connectivity index (χ1v) is 13.3. The van der Waals surface area contributed by atoms with E-state index in [4.69, 9.17) is 9.47 Å². The quantitative estimate of drug-likeness (QED) is 0.116. The largest absolute Gasteiger partial charge is 0.490 e. The molecule has 0 unspecified atom stereocenters. The molecular formula is C27H20IN3O6S. The molecule has 1 heterocycles. The van der Waals surface area contributed by atoms with Crippen molar-refractivity contribution in [1.29, 1.82) is 5.26 Å². The van der Waals surface area contributed by atoms with Gasteiger partial charge in [-0.05, 0) is 94.4 Å². The third kappa shape index (κ3) is 6.15. The zero-order valence-electron chi connectivity index (χ0n) is 20.0. The molecule has 38 heavy (non-hydrogen) atoms. The number of hydrogen-bond donors (Lipinski definition) is 0. The number of nitro benzene ring substituents is 1. The van der Waals surface area contributed by atoms with Crippen molar-refractivity contribution in [1.82, 2.24) is 4.90 Å². The summed E-state index contributed by atoms with van der Waals surface area (Å²) in [6.45, 7) is 2.41. The summed E-state index contributed by atoms with van der Waals surface area (Å²) < 4.78 is 12.5. The van der Waals surface area contributed by atoms with Gasteiger partial charge in [0, 0.05) is 12.1 Å². The predicted octanol–water partition coefficient (Wildman–Crippen LogP) is 6.29. The lowest BCUT2D eigenvalue weighted by atomic mass is 10.1. The molecule has 11 heteroatoms. The highest BCUT2D eigenvalue weighted by Gasteiger charge is 2.35. The van der Waals surface area contributed by atoms with Crippen LogP contribution in [0, 0.1) is 25.0 Å². The van der Waals surface area contributed by atoms with Gasteiger partial charge in [0.1, 0.15) is 6.61 Å². The van der Waals surface area contributed by atoms with Gasteiger partial charge < -0.3 is 9.47 Å². The standard InChI is InChI=1S/C27H20IN3O6S/c1-2-36-23-12-18(11-22(28)25(23)37-16-17-7-9-21(10-8-17)31(34)35)13-24-26(32)30(27(33)38-24)15-20-6-4-3-5-19(20)14-29/h3-13H,2,15-16H2,1H3/b24-13+. The maximum absolute atomic E-state index is 13.0. The van der Waals surface area contributed by atoms with Crippen LogP contribution in [-0.2, 0) is 17.9 Å². The van der Waals surface area contributed by atoms with E-state index in [1.54, 1.807) is 48.5 Å². The van der Waals surface area contributed by atoms with Crippen molar-refractivity contribution in [2.75, 3.05) is 6.61 Å². The summed E-state index contributed by atoms with van der Waals surface area (Å²) in [5.74, 6) is 0.540. The molecule has 3 aromatic carbocycles. The molecule has 0 saturated carbocycles. The lowest BCUT2D eigenvalue weighted by Gasteiger charge is -2.15. The highest BCUT2D eigenvalue weighted by molar-refractivity contribution is 14.1. The van der Waals surface area contributed by atoms with Gasteiger partial charge in [-0.2, -0.15) is 5.26 Å². The van der Waals surface area contributed by atoms with E-state index in [1.165, 1.54) is 12.1 Å². The highest BCUT2D eigenvalue weighted by Crippen LogP contribution is 2.38. The first-order valence-electron chi connectivity index (χ1n) is 11.4. The number of nitriles is 1. The van der Waals surface area contributed by atoms with Crippen LogP contribution in [0.15, 0.2) is 65.6 Å². The fraction of sp³-hybridized carbons (Fsp3) is 0.148. The van der Waals surface area contributed by atoms with Gasteiger partial charge in [0.15, 0.2) is 11.5 Å². The minimum absolute atomic E-state index is 0.00127. The van der Waals surface area contributed by atoms with Crippen molar-refractivity contribution in [3.8, 4) is 17.6 Å². The van der Waals surface area contributed by atoms with Crippen LogP contribution in [-0.4, -0.2) is 27.6 Å². The number of rotatable bonds is 9. The van der Waals surface area contributed by atoms with E-state index < -0.39 is 16.1 Å². The minimum atomic E-state index is -0.459. The van der Waals surface area contributed by atoms with Crippen LogP contribution in [0.2, 0.25) is 0 Å². The number of amides is 2. The topological polar surface area (TPSA) is 123 Å². The Hall–Kier alpha value is -3.89. The van der Waals surface area contributed by atoms with Gasteiger partial charge in [0.05, 0.1) is 38.2 Å². The molecule has 1 aliphatic rings. The van der Waals surface area contributed by atoms with E-state index >= 15 is 0 Å². The normalized spacial score (nSPS) is 14.0. The molecule has 0 atom stereocenters. The average molecular weight is 641 g/mol. The lowest BCUT2D eigenvalue weighted by Crippen LogP contribution is -2.27. The number of non-ortho nitro benzene ring substituents is 1. The second kappa shape index (κ2) is 12.1. The molecular weight excluding hydrogens is 621 g/mol. The molecule has 1 saturated heterocycles. The van der Waals surface area contributed by atoms with E-state index in [2.05, 4.69) is 28.7 Å². The van der Waals surface area contributed by atoms with Crippen molar-refractivity contribution in [2.24, 2.45) is 0 Å². The molecule has 9 nitrogen and oxygen atoms in total. The molecule has 192 valence electrons. The van der Waals surface area contributed by atoms with E-state index in [9.17, 15) is 25.0 Å². The molecule has 0 aromatic heterocycles. The molecule has 3 aromatic rings. The molecule has 1 aliphatic heterocycles. The van der Waals surface area contributed by atoms with Crippen molar-refractivity contribution in [3.05, 3.63) is 102 Å². The number of benzene rings is 3. The monoisotopic (exact) mass is 641 g/mol. The smallest absolute Gasteiger partial charge is 0.293 e. The summed E-state index contributed by atoms with van der Waals surface area (Å²) in [6.07, 6.45) is 1.63. The Morgan fingerprint density at radius 2 is 1.87 bits per heavy atom. The van der Waals surface area contributed by atoms with Gasteiger partial charge in [-0.25, -0.2) is 0 Å². The number of nitrogens with zero attached hydrogens (tertiary/aromatic N) is 3. The number of halogens is 1. The Bertz CT molecular complexity index is 1480. The van der Waals surface area contributed by atoms with Crippen LogP contribution in [0.4, 0.5) is 10.5 Å². The number of ether oxygens (including phenoxy) is 2. The van der Waals surface area contributed by atoms with Gasteiger partial charge in [-0.1, -0.05) is 18.2 Å². The zero-order valence-corrected chi connectivity index (χ0v) is 23.0. The SMILES string of the molecule is CCOc1cc(/C=C2/SC(=O)N(Cc3ccccc3C#N)C2=O)cc(I)c1OCc1ccc([N+](=O)[O-])cc1. The van der Waals surface area contributed by atoms with Crippen LogP contribution in [0.3, 0.4) is 0 Å². The van der Waals surface area contributed by atoms with Crippen molar-refractivity contribution in [3.63, 3.8) is 0 Å². The molecule has 0 aliphatic carbocycles. The van der Waals surface area contributed by atoms with Gasteiger partial charge in [-0.3, -0.25) is 24.6 Å². The Morgan fingerprint density at radius 1 is 1.13 bits per heavy atom. The maximum Gasteiger partial charge on any atom is 0.293 e. The van der Waals surface area contributed by atoms with Crippen LogP contribution in [0.5, 0.6) is 11.5 Å². The fourth-order valence-corrected chi connectivity index (χ4v) is 5.29. The molecule has 1 fully saturated rings. The second-order valence-electron chi connectivity index (χ2n) is 8.01. The molecule has 0 radical (unpaired) electrons. The van der Waals surface area contributed by atoms with Gasteiger partial charge in [0.25, 0.3) is 16.8 Å². The summed E-state index contributed by atoms with van der Waals surface area (Å²) in [4.78, 5) is 37.5. The van der Waals surface area contributed by atoms with E-state index in [-0.39, 0.29) is 23.7 Å². The Kier molecular flexibility index (Phi) is 8.65. The van der Waals surface area contributed by atoms with Crippen LogP contribution >= 0.6 is 34.4 Å². The van der Waals surface area contributed by atoms with Gasteiger partial charge in [-0.15, -0.1) is 0 Å². The third-order valence-electron chi connectivity index (χ3n) is 5.50. The summed E-state index contributed by atoms with van der Waals surface area (Å²) in [5.41, 5.74) is 2.42. The van der Waals surface area contributed by atoms with E-state index in [1.807, 2.05) is 13.0 Å². The Labute approximate surface area is 236 Å². The maximum atomic E-state index is 13.0. The fourth-order valence-electron chi connectivity index (χ4n) is 3.67. The van der Waals surface area contributed by atoms with Crippen molar-refractivity contribution >= 4 is 57.3 Å². The van der Waals surface area contributed by atoms with Crippen LogP contribution in [0.1, 0.15) is 29.2 Å². The first kappa shape index (κ1) is 27.2. The van der Waals surface area contributed by atoms with E-state index in [0.717, 1.165) is 25.8 Å². The summed E-state index contributed by atoms with van der Waals surface area (Å²) in [6, 6.07) is 18.6. The molecule has 0 spiro atoms. The summed E-state index contributed by atoms with van der Waals surface area (Å²) >= 11 is 2.95. The summed E-state index contributed by atoms with van der Waals surface area (Å²) in [7, 11) is 0. The second-order valence-corrected chi connectivity index (χ2v) is 10.2. The molecule has 0 bridgehead atoms. The first-order chi connectivity index (χ1) is 18.3. The van der Waals surface area contributed by atoms with Gasteiger partial charge in [0.2, 0.25) is 0 Å². The number of thioether (sulfide) groups is 1. The van der Waals surface area contributed by atoms with Crippen molar-refractivity contribution < 1.29 is 24.0 Å². The predicted molar refractivity (Wildman–Crippen MR) is 150 cm³/mol. The minimum Gasteiger partial charge on any atom is -0.490 e. The number of imide groups is 1. The number of carbonyl (C=O) groups excluding carboxylic acids is 2. The van der Waals surface area contributed by atoms with Crippen LogP contribution in [0.25, 0.3) is 6.08 Å². The Balaban J connectivity index is 1.54. The highest BCUT2D eigenvalue weighted by atomic mass is 127. The van der Waals surface area contributed by atoms with E-state index in [0.29, 0.717) is 34.8 Å². The molecule has 2 amide bonds. The van der Waals surface area contributed by atoms with Crippen LogP contribution < -0.4 is 9.47 Å². The van der Waals surface area contributed by atoms with Gasteiger partial charge >= 0.3 is 0 Å². The Morgan fingerprint density at radius 3 is 2.55 bits per heavy atom. The van der Waals surface area contributed by atoms with Crippen molar-refractivity contribution in [2.45, 2.75) is 20.1 Å². The number of nitro groups is 1. The zero-order chi connectivity index (χ0) is 27.2.